The molecule has 25 heavy (non-hydrogen) atoms. The molecule has 0 aromatic carbocycles. The maximum atomic E-state index is 11.7. The zero-order chi connectivity index (χ0) is 18.5. The highest BCUT2D eigenvalue weighted by atomic mass is 16.5. The Labute approximate surface area is 150 Å². The van der Waals surface area contributed by atoms with Gasteiger partial charge in [0.15, 0.2) is 5.96 Å². The third-order valence-electron chi connectivity index (χ3n) is 3.43. The summed E-state index contributed by atoms with van der Waals surface area (Å²) in [5.74, 6) is 1.53. The van der Waals surface area contributed by atoms with E-state index in [1.165, 1.54) is 4.90 Å². The molecular weight excluding hydrogens is 320 g/mol. The van der Waals surface area contributed by atoms with Gasteiger partial charge in [-0.2, -0.15) is 0 Å². The van der Waals surface area contributed by atoms with E-state index < -0.39 is 0 Å². The van der Waals surface area contributed by atoms with E-state index in [-0.39, 0.29) is 18.6 Å². The lowest BCUT2D eigenvalue weighted by Crippen LogP contribution is -2.40. The van der Waals surface area contributed by atoms with Crippen LogP contribution in [0.5, 0.6) is 0 Å². The van der Waals surface area contributed by atoms with E-state index in [4.69, 9.17) is 9.15 Å². The molecule has 1 rings (SSSR count). The average molecular weight is 352 g/mol. The van der Waals surface area contributed by atoms with Crippen molar-refractivity contribution in [1.29, 1.82) is 0 Å². The van der Waals surface area contributed by atoms with Crippen LogP contribution in [-0.2, 0) is 16.0 Å². The number of carbonyl (C=O) groups is 1. The fourth-order valence-corrected chi connectivity index (χ4v) is 1.97. The number of likely N-dealkylation sites (N-methyl/N-ethyl adjacent to an activating group) is 1. The van der Waals surface area contributed by atoms with Gasteiger partial charge in [-0.1, -0.05) is 0 Å². The number of ether oxygens (including phenoxy) is 1. The van der Waals surface area contributed by atoms with Crippen molar-refractivity contribution in [2.24, 2.45) is 4.99 Å². The summed E-state index contributed by atoms with van der Waals surface area (Å²) >= 11 is 0. The number of nitrogens with zero attached hydrogens (tertiary/aromatic N) is 2. The molecule has 1 aromatic rings. The van der Waals surface area contributed by atoms with Crippen LogP contribution in [-0.4, -0.2) is 63.2 Å². The van der Waals surface area contributed by atoms with Crippen LogP contribution >= 0.6 is 0 Å². The van der Waals surface area contributed by atoms with E-state index in [9.17, 15) is 4.79 Å². The molecule has 7 nitrogen and oxygen atoms in total. The van der Waals surface area contributed by atoms with Crippen molar-refractivity contribution in [3.05, 3.63) is 24.2 Å². The molecule has 0 radical (unpaired) electrons. The zero-order valence-corrected chi connectivity index (χ0v) is 15.9. The van der Waals surface area contributed by atoms with E-state index in [0.29, 0.717) is 12.5 Å². The second-order valence-corrected chi connectivity index (χ2v) is 6.26. The summed E-state index contributed by atoms with van der Waals surface area (Å²) in [6.45, 7) is 6.42. The molecule has 0 bridgehead atoms. The van der Waals surface area contributed by atoms with Crippen LogP contribution in [0.2, 0.25) is 0 Å². The van der Waals surface area contributed by atoms with Gasteiger partial charge in [0.25, 0.3) is 0 Å². The molecule has 1 aromatic heterocycles. The molecule has 7 heteroatoms. The Morgan fingerprint density at radius 1 is 1.28 bits per heavy atom. The van der Waals surface area contributed by atoms with Gasteiger partial charge in [-0.3, -0.25) is 4.79 Å². The number of amides is 1. The minimum atomic E-state index is -0.0301. The average Bonchev–Trinajstić information content (AvgIpc) is 3.07. The monoisotopic (exact) mass is 352 g/mol. The zero-order valence-electron chi connectivity index (χ0n) is 15.9. The first-order valence-electron chi connectivity index (χ1n) is 8.85. The summed E-state index contributed by atoms with van der Waals surface area (Å²) in [4.78, 5) is 17.6. The van der Waals surface area contributed by atoms with Crippen molar-refractivity contribution in [2.75, 3.05) is 40.3 Å². The molecular formula is C18H32N4O3. The number of nitrogens with one attached hydrogen (secondary N) is 2. The molecule has 0 atom stereocenters. The number of furan rings is 1. The third kappa shape index (κ3) is 10.4. The molecule has 0 saturated heterocycles. The fraction of sp³-hybridized carbons (Fsp3) is 0.667. The molecule has 1 amide bonds. The van der Waals surface area contributed by atoms with Crippen molar-refractivity contribution < 1.29 is 13.9 Å². The van der Waals surface area contributed by atoms with Gasteiger partial charge in [-0.25, -0.2) is 4.99 Å². The van der Waals surface area contributed by atoms with Crippen molar-refractivity contribution in [3.8, 4) is 0 Å². The largest absolute Gasteiger partial charge is 0.469 e. The first-order chi connectivity index (χ1) is 12.0. The van der Waals surface area contributed by atoms with Gasteiger partial charge in [0.05, 0.1) is 12.4 Å². The second-order valence-electron chi connectivity index (χ2n) is 6.26. The predicted molar refractivity (Wildman–Crippen MR) is 99.7 cm³/mol. The van der Waals surface area contributed by atoms with E-state index in [2.05, 4.69) is 15.6 Å². The van der Waals surface area contributed by atoms with E-state index in [0.717, 1.165) is 38.2 Å². The first-order valence-corrected chi connectivity index (χ1v) is 8.85. The van der Waals surface area contributed by atoms with Crippen LogP contribution in [0.4, 0.5) is 0 Å². The van der Waals surface area contributed by atoms with Gasteiger partial charge in [0, 0.05) is 40.2 Å². The summed E-state index contributed by atoms with van der Waals surface area (Å²) in [7, 11) is 3.45. The topological polar surface area (TPSA) is 79.1 Å². The minimum absolute atomic E-state index is 0.0301. The molecule has 142 valence electrons. The van der Waals surface area contributed by atoms with Crippen LogP contribution in [0.15, 0.2) is 27.8 Å². The molecule has 1 heterocycles. The SMILES string of the molecule is CC(C)OCCCCNC(=NCC(=O)N(C)C)NCCc1ccco1. The Kier molecular flexibility index (Phi) is 10.4. The quantitative estimate of drug-likeness (QED) is 0.360. The minimum Gasteiger partial charge on any atom is -0.469 e. The van der Waals surface area contributed by atoms with Crippen molar-refractivity contribution in [3.63, 3.8) is 0 Å². The van der Waals surface area contributed by atoms with Crippen LogP contribution in [0.3, 0.4) is 0 Å². The summed E-state index contributed by atoms with van der Waals surface area (Å²) in [5, 5.41) is 6.50. The van der Waals surface area contributed by atoms with Crippen molar-refractivity contribution in [2.45, 2.75) is 39.2 Å². The van der Waals surface area contributed by atoms with Gasteiger partial charge in [0.2, 0.25) is 5.91 Å². The smallest absolute Gasteiger partial charge is 0.243 e. The molecule has 0 aliphatic carbocycles. The maximum absolute atomic E-state index is 11.7. The van der Waals surface area contributed by atoms with Crippen LogP contribution < -0.4 is 10.6 Å². The van der Waals surface area contributed by atoms with Gasteiger partial charge >= 0.3 is 0 Å². The Bertz CT molecular complexity index is 498. The lowest BCUT2D eigenvalue weighted by atomic mass is 10.3. The number of hydrogen-bond acceptors (Lipinski definition) is 4. The Balaban J connectivity index is 2.35. The first kappa shape index (κ1) is 21.0. The highest BCUT2D eigenvalue weighted by molar-refractivity contribution is 5.84. The van der Waals surface area contributed by atoms with Gasteiger partial charge < -0.3 is 24.7 Å². The standard InChI is InChI=1S/C18H32N4O3/c1-15(2)24-12-6-5-10-19-18(21-14-17(23)22(3)4)20-11-9-16-8-7-13-25-16/h7-8,13,15H,5-6,9-12,14H2,1-4H3,(H2,19,20,21). The summed E-state index contributed by atoms with van der Waals surface area (Å²) in [5.41, 5.74) is 0. The molecule has 0 aliphatic rings. The molecule has 2 N–H and O–H groups in total. The Hall–Kier alpha value is -2.02. The van der Waals surface area contributed by atoms with E-state index in [1.54, 1.807) is 20.4 Å². The Morgan fingerprint density at radius 2 is 2.04 bits per heavy atom. The maximum Gasteiger partial charge on any atom is 0.243 e. The number of unbranched alkanes of at least 4 members (excludes halogenated alkanes) is 1. The predicted octanol–water partition coefficient (Wildman–Crippen LogP) is 1.65. The van der Waals surface area contributed by atoms with Crippen molar-refractivity contribution >= 4 is 11.9 Å². The van der Waals surface area contributed by atoms with Gasteiger partial charge in [0.1, 0.15) is 12.3 Å². The van der Waals surface area contributed by atoms with Crippen LogP contribution in [0.25, 0.3) is 0 Å². The van der Waals surface area contributed by atoms with Crippen molar-refractivity contribution in [1.82, 2.24) is 15.5 Å². The number of rotatable bonds is 11. The highest BCUT2D eigenvalue weighted by Crippen LogP contribution is 1.99. The molecule has 0 saturated carbocycles. The Morgan fingerprint density at radius 3 is 2.68 bits per heavy atom. The molecule has 0 fully saturated rings. The lowest BCUT2D eigenvalue weighted by molar-refractivity contribution is -0.127. The summed E-state index contributed by atoms with van der Waals surface area (Å²) in [6, 6.07) is 3.81. The molecule has 0 spiro atoms. The van der Waals surface area contributed by atoms with E-state index in [1.807, 2.05) is 26.0 Å². The summed E-state index contributed by atoms with van der Waals surface area (Å²) < 4.78 is 10.8. The van der Waals surface area contributed by atoms with Gasteiger partial charge in [-0.15, -0.1) is 0 Å². The number of aliphatic imine (C=N–C) groups is 1. The molecule has 0 aliphatic heterocycles. The van der Waals surface area contributed by atoms with Crippen LogP contribution in [0, 0.1) is 0 Å². The number of guanidine groups is 1. The fourth-order valence-electron chi connectivity index (χ4n) is 1.97. The lowest BCUT2D eigenvalue weighted by Gasteiger charge is -2.14. The van der Waals surface area contributed by atoms with E-state index >= 15 is 0 Å². The summed E-state index contributed by atoms with van der Waals surface area (Å²) in [6.07, 6.45) is 4.66. The van der Waals surface area contributed by atoms with Crippen LogP contribution in [0.1, 0.15) is 32.4 Å². The number of carbonyl (C=O) groups excluding carboxylic acids is 1. The normalized spacial score (nSPS) is 11.6. The van der Waals surface area contributed by atoms with Gasteiger partial charge in [-0.05, 0) is 38.8 Å². The molecule has 0 unspecified atom stereocenters. The third-order valence-corrected chi connectivity index (χ3v) is 3.43. The number of hydrogen-bond donors (Lipinski definition) is 2. The highest BCUT2D eigenvalue weighted by Gasteiger charge is 2.05. The second kappa shape index (κ2) is 12.4.